The molecular formula is C14H20N4O. The van der Waals surface area contributed by atoms with Crippen LogP contribution in [0.5, 0.6) is 0 Å². The number of aromatic nitrogens is 2. The fourth-order valence-corrected chi connectivity index (χ4v) is 1.97. The van der Waals surface area contributed by atoms with Crippen LogP contribution in [0.4, 0.5) is 11.7 Å². The number of nitrogens with one attached hydrogen (secondary N) is 2. The number of hydrogen-bond acceptors (Lipinski definition) is 5. The number of nitrogens with zero attached hydrogens (tertiary/aromatic N) is 2. The summed E-state index contributed by atoms with van der Waals surface area (Å²) in [5, 5.41) is 14.5. The zero-order valence-corrected chi connectivity index (χ0v) is 11.8. The van der Waals surface area contributed by atoms with Crippen LogP contribution in [0.2, 0.25) is 0 Å². The minimum atomic E-state index is 0.0611. The molecule has 102 valence electrons. The van der Waals surface area contributed by atoms with Crippen LogP contribution in [0, 0.1) is 13.8 Å². The maximum atomic E-state index is 5.62. The van der Waals surface area contributed by atoms with Crippen LogP contribution >= 0.6 is 0 Å². The van der Waals surface area contributed by atoms with E-state index in [0.29, 0.717) is 11.9 Å². The summed E-state index contributed by atoms with van der Waals surface area (Å²) in [4.78, 5) is 0. The molecule has 0 amide bonds. The molecule has 1 aromatic carbocycles. The van der Waals surface area contributed by atoms with Crippen LogP contribution < -0.4 is 10.6 Å². The topological polar surface area (TPSA) is 63.0 Å². The van der Waals surface area contributed by atoms with E-state index in [1.807, 2.05) is 45.9 Å². The lowest BCUT2D eigenvalue weighted by atomic mass is 10.1. The third kappa shape index (κ3) is 3.12. The first-order chi connectivity index (χ1) is 9.11. The average Bonchev–Trinajstić information content (AvgIpc) is 2.83. The molecule has 0 spiro atoms. The van der Waals surface area contributed by atoms with Crippen LogP contribution in [0.1, 0.15) is 36.9 Å². The molecule has 19 heavy (non-hydrogen) atoms. The van der Waals surface area contributed by atoms with E-state index in [1.54, 1.807) is 0 Å². The summed E-state index contributed by atoms with van der Waals surface area (Å²) < 4.78 is 5.62. The lowest BCUT2D eigenvalue weighted by molar-refractivity contribution is 0.430. The summed E-state index contributed by atoms with van der Waals surface area (Å²) in [6.07, 6.45) is 0. The molecular weight excluding hydrogens is 240 g/mol. The Bertz CT molecular complexity index is 530. The van der Waals surface area contributed by atoms with Crippen LogP contribution in [0.15, 0.2) is 22.6 Å². The molecule has 2 rings (SSSR count). The van der Waals surface area contributed by atoms with Gasteiger partial charge >= 0.3 is 6.01 Å². The molecule has 2 N–H and O–H groups in total. The first kappa shape index (κ1) is 13.5. The Morgan fingerprint density at radius 2 is 1.89 bits per heavy atom. The van der Waals surface area contributed by atoms with E-state index in [1.165, 1.54) is 0 Å². The molecule has 1 heterocycles. The van der Waals surface area contributed by atoms with E-state index in [4.69, 9.17) is 4.42 Å². The van der Waals surface area contributed by atoms with Gasteiger partial charge in [-0.2, -0.15) is 0 Å². The average molecular weight is 260 g/mol. The van der Waals surface area contributed by atoms with Gasteiger partial charge in [-0.05, 0) is 38.4 Å². The zero-order valence-electron chi connectivity index (χ0n) is 11.8. The number of benzene rings is 1. The minimum Gasteiger partial charge on any atom is -0.406 e. The summed E-state index contributed by atoms with van der Waals surface area (Å²) in [5.74, 6) is 0.593. The van der Waals surface area contributed by atoms with Gasteiger partial charge < -0.3 is 15.1 Å². The van der Waals surface area contributed by atoms with Crippen LogP contribution in [-0.2, 0) is 0 Å². The van der Waals surface area contributed by atoms with Crippen molar-refractivity contribution in [1.29, 1.82) is 0 Å². The SMILES string of the molecule is CCNC(C)c1nnc(Nc2c(C)cccc2C)o1. The Morgan fingerprint density at radius 3 is 2.53 bits per heavy atom. The second-order valence-corrected chi connectivity index (χ2v) is 4.62. The fraction of sp³-hybridized carbons (Fsp3) is 0.429. The Kier molecular flexibility index (Phi) is 4.16. The third-order valence-electron chi connectivity index (χ3n) is 3.03. The molecule has 5 nitrogen and oxygen atoms in total. The van der Waals surface area contributed by atoms with Gasteiger partial charge in [0.2, 0.25) is 5.89 Å². The molecule has 0 bridgehead atoms. The Hall–Kier alpha value is -1.88. The van der Waals surface area contributed by atoms with Crippen molar-refractivity contribution in [3.63, 3.8) is 0 Å². The van der Waals surface area contributed by atoms with Gasteiger partial charge in [0.05, 0.1) is 6.04 Å². The minimum absolute atomic E-state index is 0.0611. The molecule has 0 saturated carbocycles. The third-order valence-corrected chi connectivity index (χ3v) is 3.03. The van der Waals surface area contributed by atoms with Gasteiger partial charge in [-0.15, -0.1) is 5.10 Å². The van der Waals surface area contributed by atoms with E-state index in [0.717, 1.165) is 23.4 Å². The smallest absolute Gasteiger partial charge is 0.320 e. The van der Waals surface area contributed by atoms with Crippen molar-refractivity contribution in [2.45, 2.75) is 33.7 Å². The fourth-order valence-electron chi connectivity index (χ4n) is 1.97. The number of rotatable bonds is 5. The van der Waals surface area contributed by atoms with E-state index < -0.39 is 0 Å². The quantitative estimate of drug-likeness (QED) is 0.865. The van der Waals surface area contributed by atoms with E-state index in [9.17, 15) is 0 Å². The molecule has 0 aliphatic rings. The largest absolute Gasteiger partial charge is 0.406 e. The van der Waals surface area contributed by atoms with Crippen molar-refractivity contribution in [2.75, 3.05) is 11.9 Å². The predicted molar refractivity (Wildman–Crippen MR) is 75.6 cm³/mol. The van der Waals surface area contributed by atoms with Crippen molar-refractivity contribution in [3.05, 3.63) is 35.2 Å². The van der Waals surface area contributed by atoms with E-state index >= 15 is 0 Å². The van der Waals surface area contributed by atoms with Crippen molar-refractivity contribution in [1.82, 2.24) is 15.5 Å². The normalized spacial score (nSPS) is 12.4. The summed E-state index contributed by atoms with van der Waals surface area (Å²) in [6, 6.07) is 6.62. The van der Waals surface area contributed by atoms with Crippen molar-refractivity contribution >= 4 is 11.7 Å². The summed E-state index contributed by atoms with van der Waals surface area (Å²) in [7, 11) is 0. The molecule has 0 aliphatic heterocycles. The molecule has 1 aromatic heterocycles. The monoisotopic (exact) mass is 260 g/mol. The molecule has 0 fully saturated rings. The molecule has 0 radical (unpaired) electrons. The Balaban J connectivity index is 2.16. The number of hydrogen-bond donors (Lipinski definition) is 2. The lowest BCUT2D eigenvalue weighted by Gasteiger charge is -2.09. The second-order valence-electron chi connectivity index (χ2n) is 4.62. The summed E-state index contributed by atoms with van der Waals surface area (Å²) >= 11 is 0. The van der Waals surface area contributed by atoms with Crippen LogP contribution in [-0.4, -0.2) is 16.7 Å². The number of anilines is 2. The summed E-state index contributed by atoms with van der Waals surface area (Å²) in [6.45, 7) is 9.01. The van der Waals surface area contributed by atoms with Gasteiger partial charge in [-0.3, -0.25) is 0 Å². The highest BCUT2D eigenvalue weighted by atomic mass is 16.4. The maximum Gasteiger partial charge on any atom is 0.320 e. The van der Waals surface area contributed by atoms with Gasteiger partial charge in [0, 0.05) is 5.69 Å². The van der Waals surface area contributed by atoms with Crippen LogP contribution in [0.25, 0.3) is 0 Å². The van der Waals surface area contributed by atoms with Gasteiger partial charge in [-0.25, -0.2) is 0 Å². The highest BCUT2D eigenvalue weighted by Gasteiger charge is 2.13. The highest BCUT2D eigenvalue weighted by Crippen LogP contribution is 2.24. The molecule has 0 aliphatic carbocycles. The Morgan fingerprint density at radius 1 is 1.21 bits per heavy atom. The van der Waals surface area contributed by atoms with Gasteiger partial charge in [0.25, 0.3) is 0 Å². The standard InChI is InChI=1S/C14H20N4O/c1-5-15-11(4)13-17-18-14(19-13)16-12-9(2)7-6-8-10(12)3/h6-8,11,15H,5H2,1-4H3,(H,16,18). The summed E-state index contributed by atoms with van der Waals surface area (Å²) in [5.41, 5.74) is 3.33. The lowest BCUT2D eigenvalue weighted by Crippen LogP contribution is -2.17. The Labute approximate surface area is 113 Å². The van der Waals surface area contributed by atoms with Crippen LogP contribution in [0.3, 0.4) is 0 Å². The molecule has 2 aromatic rings. The maximum absolute atomic E-state index is 5.62. The van der Waals surface area contributed by atoms with Gasteiger partial charge in [0.1, 0.15) is 0 Å². The van der Waals surface area contributed by atoms with E-state index in [2.05, 4.69) is 20.8 Å². The number of aryl methyl sites for hydroxylation is 2. The van der Waals surface area contributed by atoms with Gasteiger partial charge in [0.15, 0.2) is 0 Å². The highest BCUT2D eigenvalue weighted by molar-refractivity contribution is 5.61. The van der Waals surface area contributed by atoms with Gasteiger partial charge in [-0.1, -0.05) is 30.2 Å². The second kappa shape index (κ2) is 5.84. The van der Waals surface area contributed by atoms with Crippen molar-refractivity contribution in [2.24, 2.45) is 0 Å². The number of para-hydroxylation sites is 1. The predicted octanol–water partition coefficient (Wildman–Crippen LogP) is 3.10. The van der Waals surface area contributed by atoms with Crippen molar-refractivity contribution < 1.29 is 4.42 Å². The zero-order chi connectivity index (χ0) is 13.8. The van der Waals surface area contributed by atoms with E-state index in [-0.39, 0.29) is 6.04 Å². The molecule has 5 heteroatoms. The molecule has 1 atom stereocenters. The van der Waals surface area contributed by atoms with Crippen molar-refractivity contribution in [3.8, 4) is 0 Å². The first-order valence-electron chi connectivity index (χ1n) is 6.51. The first-order valence-corrected chi connectivity index (χ1v) is 6.51. The molecule has 1 unspecified atom stereocenters. The molecule has 0 saturated heterocycles.